The molecule has 1 aromatic heterocycles. The highest BCUT2D eigenvalue weighted by molar-refractivity contribution is 7.17. The summed E-state index contributed by atoms with van der Waals surface area (Å²) in [4.78, 5) is 25.9. The van der Waals surface area contributed by atoms with Crippen molar-refractivity contribution in [2.45, 2.75) is 63.1 Å². The van der Waals surface area contributed by atoms with Crippen LogP contribution in [0.4, 0.5) is 11.4 Å². The lowest BCUT2D eigenvalue weighted by atomic mass is 9.88. The molecule has 1 aliphatic carbocycles. The molecule has 2 aliphatic rings. The Morgan fingerprint density at radius 2 is 1.80 bits per heavy atom. The standard InChI is InChI=1S/C27H32N4O3S/c32-27(16-19-18-35-26-10-4-1-7-23(19)26)29-25-9-3-2-8-24(25)28-20-6-5-15-30(17-20)21-11-13-22(14-12-21)31(33)34/h1,4,7,10-14,18,20,24-25,28H,2-3,5-6,8-9,15-17H2,(H,29,32)/t20-,24+,25+/m0/s1. The zero-order chi connectivity index (χ0) is 24.2. The number of nitrogens with zero attached hydrogens (tertiary/aromatic N) is 2. The maximum atomic E-state index is 13.0. The van der Waals surface area contributed by atoms with Crippen LogP contribution in [0.15, 0.2) is 53.9 Å². The predicted octanol–water partition coefficient (Wildman–Crippen LogP) is 5.04. The van der Waals surface area contributed by atoms with Crippen molar-refractivity contribution in [3.8, 4) is 0 Å². The van der Waals surface area contributed by atoms with Gasteiger partial charge in [0, 0.05) is 53.7 Å². The maximum Gasteiger partial charge on any atom is 0.269 e. The molecular formula is C27H32N4O3S. The molecule has 3 aromatic rings. The Morgan fingerprint density at radius 1 is 1.03 bits per heavy atom. The number of rotatable bonds is 7. The first-order chi connectivity index (χ1) is 17.1. The summed E-state index contributed by atoms with van der Waals surface area (Å²) in [7, 11) is 0. The number of non-ortho nitro benzene ring substituents is 1. The minimum absolute atomic E-state index is 0.100. The fraction of sp³-hybridized carbons (Fsp3) is 0.444. The maximum absolute atomic E-state index is 13.0. The van der Waals surface area contributed by atoms with Crippen molar-refractivity contribution in [2.24, 2.45) is 0 Å². The number of nitrogens with one attached hydrogen (secondary N) is 2. The van der Waals surface area contributed by atoms with E-state index in [0.29, 0.717) is 12.5 Å². The Bertz CT molecular complexity index is 1180. The quantitative estimate of drug-likeness (QED) is 0.356. The van der Waals surface area contributed by atoms with Crippen LogP contribution >= 0.6 is 11.3 Å². The molecular weight excluding hydrogens is 460 g/mol. The smallest absolute Gasteiger partial charge is 0.269 e. The average molecular weight is 493 g/mol. The third kappa shape index (κ3) is 5.65. The number of nitro groups is 1. The van der Waals surface area contributed by atoms with E-state index >= 15 is 0 Å². The highest BCUT2D eigenvalue weighted by Gasteiger charge is 2.30. The number of hydrogen-bond donors (Lipinski definition) is 2. The molecule has 35 heavy (non-hydrogen) atoms. The zero-order valence-electron chi connectivity index (χ0n) is 19.8. The van der Waals surface area contributed by atoms with Gasteiger partial charge < -0.3 is 15.5 Å². The van der Waals surface area contributed by atoms with Crippen molar-refractivity contribution in [2.75, 3.05) is 18.0 Å². The van der Waals surface area contributed by atoms with Crippen LogP contribution in [-0.4, -0.2) is 42.0 Å². The van der Waals surface area contributed by atoms with E-state index in [4.69, 9.17) is 0 Å². The second-order valence-corrected chi connectivity index (χ2v) is 10.6. The summed E-state index contributed by atoms with van der Waals surface area (Å²) in [5.41, 5.74) is 2.25. The monoisotopic (exact) mass is 492 g/mol. The number of anilines is 1. The summed E-state index contributed by atoms with van der Waals surface area (Å²) in [6, 6.07) is 15.9. The number of nitro benzene ring substituents is 1. The van der Waals surface area contributed by atoms with E-state index < -0.39 is 0 Å². The van der Waals surface area contributed by atoms with E-state index in [9.17, 15) is 14.9 Å². The summed E-state index contributed by atoms with van der Waals surface area (Å²) >= 11 is 1.70. The first-order valence-corrected chi connectivity index (χ1v) is 13.4. The normalized spacial score (nSPS) is 22.7. The predicted molar refractivity (Wildman–Crippen MR) is 141 cm³/mol. The molecule has 3 atom stereocenters. The minimum atomic E-state index is -0.358. The number of carbonyl (C=O) groups is 1. The van der Waals surface area contributed by atoms with Gasteiger partial charge >= 0.3 is 0 Å². The molecule has 0 bridgehead atoms. The lowest BCUT2D eigenvalue weighted by Crippen LogP contribution is -2.57. The first kappa shape index (κ1) is 23.8. The number of hydrogen-bond acceptors (Lipinski definition) is 6. The third-order valence-corrected chi connectivity index (χ3v) is 8.33. The van der Waals surface area contributed by atoms with Gasteiger partial charge in [-0.3, -0.25) is 14.9 Å². The Hall–Kier alpha value is -2.97. The molecule has 1 aliphatic heterocycles. The topological polar surface area (TPSA) is 87.5 Å². The highest BCUT2D eigenvalue weighted by atomic mass is 32.1. The molecule has 1 saturated carbocycles. The van der Waals surface area contributed by atoms with Crippen LogP contribution in [0.1, 0.15) is 44.1 Å². The molecule has 0 radical (unpaired) electrons. The summed E-state index contributed by atoms with van der Waals surface area (Å²) in [5.74, 6) is 0.100. The lowest BCUT2D eigenvalue weighted by Gasteiger charge is -2.40. The first-order valence-electron chi connectivity index (χ1n) is 12.6. The molecule has 2 heterocycles. The molecule has 8 heteroatoms. The number of carbonyl (C=O) groups excluding carboxylic acids is 1. The Balaban J connectivity index is 1.19. The molecule has 7 nitrogen and oxygen atoms in total. The van der Waals surface area contributed by atoms with Gasteiger partial charge in [0.25, 0.3) is 5.69 Å². The van der Waals surface area contributed by atoms with Gasteiger partial charge in [-0.15, -0.1) is 11.3 Å². The second kappa shape index (κ2) is 10.7. The fourth-order valence-electron chi connectivity index (χ4n) is 5.54. The van der Waals surface area contributed by atoms with Crippen LogP contribution in [0, 0.1) is 10.1 Å². The van der Waals surface area contributed by atoms with Crippen LogP contribution in [0.2, 0.25) is 0 Å². The van der Waals surface area contributed by atoms with Crippen LogP contribution < -0.4 is 15.5 Å². The van der Waals surface area contributed by atoms with E-state index in [1.54, 1.807) is 23.5 Å². The second-order valence-electron chi connectivity index (χ2n) is 9.72. The van der Waals surface area contributed by atoms with E-state index in [1.165, 1.54) is 16.5 Å². The van der Waals surface area contributed by atoms with Crippen LogP contribution in [-0.2, 0) is 11.2 Å². The molecule has 1 saturated heterocycles. The van der Waals surface area contributed by atoms with Crippen LogP contribution in [0.5, 0.6) is 0 Å². The van der Waals surface area contributed by atoms with Gasteiger partial charge in [0.05, 0.1) is 11.3 Å². The van der Waals surface area contributed by atoms with Crippen molar-refractivity contribution in [1.82, 2.24) is 10.6 Å². The fourth-order valence-corrected chi connectivity index (χ4v) is 6.50. The van der Waals surface area contributed by atoms with E-state index in [1.807, 2.05) is 24.3 Å². The van der Waals surface area contributed by atoms with Crippen molar-refractivity contribution < 1.29 is 9.72 Å². The SMILES string of the molecule is O=C(Cc1csc2ccccc12)N[C@@H]1CCCC[C@H]1N[C@H]1CCCN(c2ccc([N+](=O)[O-])cc2)C1. The number of fused-ring (bicyclic) bond motifs is 1. The molecule has 184 valence electrons. The number of amides is 1. The summed E-state index contributed by atoms with van der Waals surface area (Å²) in [6.45, 7) is 1.82. The molecule has 0 spiro atoms. The third-order valence-electron chi connectivity index (χ3n) is 7.32. The molecule has 2 fully saturated rings. The molecule has 0 unspecified atom stereocenters. The van der Waals surface area contributed by atoms with Gasteiger partial charge in [-0.1, -0.05) is 31.0 Å². The highest BCUT2D eigenvalue weighted by Crippen LogP contribution is 2.27. The largest absolute Gasteiger partial charge is 0.370 e. The number of benzene rings is 2. The average Bonchev–Trinajstić information content (AvgIpc) is 3.28. The van der Waals surface area contributed by atoms with Crippen molar-refractivity contribution >= 4 is 38.7 Å². The summed E-state index contributed by atoms with van der Waals surface area (Å²) in [6.07, 6.45) is 6.99. The number of piperidine rings is 1. The van der Waals surface area contributed by atoms with Crippen LogP contribution in [0.25, 0.3) is 10.1 Å². The van der Waals surface area contributed by atoms with E-state index in [2.05, 4.69) is 33.0 Å². The van der Waals surface area contributed by atoms with E-state index in [-0.39, 0.29) is 28.6 Å². The molecule has 2 aromatic carbocycles. The van der Waals surface area contributed by atoms with Gasteiger partial charge in [0.15, 0.2) is 0 Å². The van der Waals surface area contributed by atoms with E-state index in [0.717, 1.165) is 56.4 Å². The minimum Gasteiger partial charge on any atom is -0.370 e. The molecule has 5 rings (SSSR count). The summed E-state index contributed by atoms with van der Waals surface area (Å²) in [5, 5.41) is 21.5. The van der Waals surface area contributed by atoms with Gasteiger partial charge in [-0.05, 0) is 60.2 Å². The molecule has 1 amide bonds. The van der Waals surface area contributed by atoms with Crippen molar-refractivity contribution in [3.63, 3.8) is 0 Å². The Kier molecular flexibility index (Phi) is 7.29. The van der Waals surface area contributed by atoms with Crippen molar-refractivity contribution in [1.29, 1.82) is 0 Å². The summed E-state index contributed by atoms with van der Waals surface area (Å²) < 4.78 is 1.22. The van der Waals surface area contributed by atoms with Gasteiger partial charge in [-0.2, -0.15) is 0 Å². The van der Waals surface area contributed by atoms with Gasteiger partial charge in [-0.25, -0.2) is 0 Å². The zero-order valence-corrected chi connectivity index (χ0v) is 20.6. The lowest BCUT2D eigenvalue weighted by molar-refractivity contribution is -0.384. The molecule has 2 N–H and O–H groups in total. The van der Waals surface area contributed by atoms with Gasteiger partial charge in [0.1, 0.15) is 0 Å². The van der Waals surface area contributed by atoms with Crippen LogP contribution in [0.3, 0.4) is 0 Å². The Labute approximate surface area is 209 Å². The van der Waals surface area contributed by atoms with Crippen molar-refractivity contribution in [3.05, 3.63) is 69.6 Å². The number of thiophene rings is 1. The van der Waals surface area contributed by atoms with Gasteiger partial charge in [0.2, 0.25) is 5.91 Å². The Morgan fingerprint density at radius 3 is 2.60 bits per heavy atom.